The fourth-order valence-electron chi connectivity index (χ4n) is 2.07. The van der Waals surface area contributed by atoms with Crippen molar-refractivity contribution in [3.05, 3.63) is 65.9 Å². The number of aromatic amines is 1. The highest BCUT2D eigenvalue weighted by atomic mass is 32.1. The van der Waals surface area contributed by atoms with Crippen LogP contribution in [-0.4, -0.2) is 22.0 Å². The van der Waals surface area contributed by atoms with Gasteiger partial charge in [0.2, 0.25) is 5.91 Å². The minimum absolute atomic E-state index is 0.0518. The van der Waals surface area contributed by atoms with Gasteiger partial charge < -0.3 is 10.6 Å². The second-order valence-electron chi connectivity index (χ2n) is 4.99. The van der Waals surface area contributed by atoms with Crippen LogP contribution in [0.25, 0.3) is 10.6 Å². The summed E-state index contributed by atoms with van der Waals surface area (Å²) >= 11 is 1.52. The van der Waals surface area contributed by atoms with Gasteiger partial charge in [-0.05, 0) is 41.8 Å². The Balaban J connectivity index is 1.76. The number of H-pyrrole nitrogens is 1. The van der Waals surface area contributed by atoms with Crippen molar-refractivity contribution in [3.8, 4) is 10.6 Å². The van der Waals surface area contributed by atoms with Crippen LogP contribution in [0.15, 0.2) is 54.4 Å². The molecule has 0 bridgehead atoms. The quantitative estimate of drug-likeness (QED) is 0.610. The molecule has 3 aromatic rings. The molecule has 1 aromatic carbocycles. The van der Waals surface area contributed by atoms with Crippen LogP contribution in [0.4, 0.5) is 15.8 Å². The van der Waals surface area contributed by atoms with Crippen LogP contribution in [0.1, 0.15) is 10.5 Å². The Bertz CT molecular complexity index is 934. The lowest BCUT2D eigenvalue weighted by atomic mass is 10.2. The van der Waals surface area contributed by atoms with E-state index in [9.17, 15) is 14.0 Å². The lowest BCUT2D eigenvalue weighted by Crippen LogP contribution is -2.14. The molecule has 0 saturated carbocycles. The van der Waals surface area contributed by atoms with Crippen LogP contribution < -0.4 is 10.6 Å². The molecule has 0 saturated heterocycles. The summed E-state index contributed by atoms with van der Waals surface area (Å²) in [6, 6.07) is 9.30. The van der Waals surface area contributed by atoms with Crippen molar-refractivity contribution in [1.82, 2.24) is 10.2 Å². The predicted octanol–water partition coefficient (Wildman–Crippen LogP) is 3.65. The van der Waals surface area contributed by atoms with Gasteiger partial charge in [-0.25, -0.2) is 4.39 Å². The van der Waals surface area contributed by atoms with Crippen molar-refractivity contribution >= 4 is 34.5 Å². The third-order valence-corrected chi connectivity index (χ3v) is 4.17. The Kier molecular flexibility index (Phi) is 4.71. The number of carbonyl (C=O) groups is 2. The zero-order chi connectivity index (χ0) is 17.8. The number of carbonyl (C=O) groups excluding carboxylic acids is 2. The van der Waals surface area contributed by atoms with Gasteiger partial charge in [0.25, 0.3) is 5.91 Å². The molecule has 0 aliphatic rings. The zero-order valence-electron chi connectivity index (χ0n) is 12.9. The Morgan fingerprint density at radius 1 is 1.24 bits per heavy atom. The van der Waals surface area contributed by atoms with E-state index >= 15 is 0 Å². The molecule has 2 heterocycles. The van der Waals surface area contributed by atoms with E-state index in [2.05, 4.69) is 27.4 Å². The summed E-state index contributed by atoms with van der Waals surface area (Å²) in [5, 5.41) is 13.7. The van der Waals surface area contributed by atoms with Crippen LogP contribution >= 0.6 is 11.3 Å². The molecule has 3 N–H and O–H groups in total. The largest absolute Gasteiger partial charge is 0.321 e. The molecule has 3 rings (SSSR count). The van der Waals surface area contributed by atoms with Crippen LogP contribution in [0.5, 0.6) is 0 Å². The molecule has 0 unspecified atom stereocenters. The highest BCUT2D eigenvalue weighted by Crippen LogP contribution is 2.24. The van der Waals surface area contributed by atoms with E-state index < -0.39 is 17.6 Å². The van der Waals surface area contributed by atoms with Gasteiger partial charge in [-0.1, -0.05) is 12.6 Å². The van der Waals surface area contributed by atoms with Gasteiger partial charge in [0.15, 0.2) is 5.69 Å². The van der Waals surface area contributed by atoms with Gasteiger partial charge in [-0.2, -0.15) is 5.10 Å². The highest BCUT2D eigenvalue weighted by Gasteiger charge is 2.13. The predicted molar refractivity (Wildman–Crippen MR) is 95.1 cm³/mol. The van der Waals surface area contributed by atoms with Gasteiger partial charge in [-0.3, -0.25) is 14.7 Å². The molecule has 0 radical (unpaired) electrons. The van der Waals surface area contributed by atoms with E-state index in [1.54, 1.807) is 6.07 Å². The van der Waals surface area contributed by atoms with Crippen molar-refractivity contribution in [2.45, 2.75) is 0 Å². The van der Waals surface area contributed by atoms with Crippen LogP contribution in [-0.2, 0) is 4.79 Å². The van der Waals surface area contributed by atoms with Crippen molar-refractivity contribution in [1.29, 1.82) is 0 Å². The molecule has 0 spiro atoms. The summed E-state index contributed by atoms with van der Waals surface area (Å²) in [7, 11) is 0. The maximum atomic E-state index is 13.7. The lowest BCUT2D eigenvalue weighted by molar-refractivity contribution is -0.111. The molecule has 8 heteroatoms. The standard InChI is InChI=1S/C17H13FN4O2S/c1-2-16(23)20-12-8-10(5-6-11(12)18)19-17(24)14-9-13(21-22-14)15-4-3-7-25-15/h2-9H,1H2,(H,19,24)(H,20,23)(H,21,22). The average Bonchev–Trinajstić information content (AvgIpc) is 3.28. The van der Waals surface area contributed by atoms with Crippen LogP contribution in [0, 0.1) is 5.82 Å². The fourth-order valence-corrected chi connectivity index (χ4v) is 2.77. The number of rotatable bonds is 5. The molecule has 0 fully saturated rings. The van der Waals surface area contributed by atoms with Gasteiger partial charge in [-0.15, -0.1) is 11.3 Å². The number of anilines is 2. The fraction of sp³-hybridized carbons (Fsp3) is 0. The Labute approximate surface area is 146 Å². The van der Waals surface area contributed by atoms with E-state index in [0.717, 1.165) is 22.7 Å². The molecule has 25 heavy (non-hydrogen) atoms. The molecule has 2 amide bonds. The van der Waals surface area contributed by atoms with Crippen LogP contribution in [0.2, 0.25) is 0 Å². The minimum Gasteiger partial charge on any atom is -0.321 e. The molecule has 6 nitrogen and oxygen atoms in total. The van der Waals surface area contributed by atoms with Gasteiger partial charge in [0, 0.05) is 5.69 Å². The summed E-state index contributed by atoms with van der Waals surface area (Å²) in [6.45, 7) is 3.31. The number of nitrogens with zero attached hydrogens (tertiary/aromatic N) is 1. The molecule has 126 valence electrons. The maximum absolute atomic E-state index is 13.7. The summed E-state index contributed by atoms with van der Waals surface area (Å²) < 4.78 is 13.7. The SMILES string of the molecule is C=CC(=O)Nc1cc(NC(=O)c2cc(-c3cccs3)[nH]n2)ccc1F. The second kappa shape index (κ2) is 7.10. The minimum atomic E-state index is -0.618. The number of nitrogens with one attached hydrogen (secondary N) is 3. The molecule has 2 aromatic heterocycles. The number of halogens is 1. The van der Waals surface area contributed by atoms with Gasteiger partial charge in [0.1, 0.15) is 5.82 Å². The monoisotopic (exact) mass is 356 g/mol. The average molecular weight is 356 g/mol. The van der Waals surface area contributed by atoms with E-state index in [1.165, 1.54) is 23.5 Å². The maximum Gasteiger partial charge on any atom is 0.276 e. The molecule has 0 aliphatic carbocycles. The number of hydrogen-bond acceptors (Lipinski definition) is 4. The Morgan fingerprint density at radius 3 is 2.80 bits per heavy atom. The first-order valence-corrected chi connectivity index (χ1v) is 8.08. The number of aromatic nitrogens is 2. The van der Waals surface area contributed by atoms with E-state index in [4.69, 9.17) is 0 Å². The third-order valence-electron chi connectivity index (χ3n) is 3.26. The van der Waals surface area contributed by atoms with E-state index in [1.807, 2.05) is 17.5 Å². The van der Waals surface area contributed by atoms with Crippen molar-refractivity contribution in [2.24, 2.45) is 0 Å². The lowest BCUT2D eigenvalue weighted by Gasteiger charge is -2.08. The topological polar surface area (TPSA) is 86.9 Å². The number of thiophene rings is 1. The first-order chi connectivity index (χ1) is 12.1. The van der Waals surface area contributed by atoms with Crippen LogP contribution in [0.3, 0.4) is 0 Å². The molecule has 0 aliphatic heterocycles. The first kappa shape index (κ1) is 16.6. The Morgan fingerprint density at radius 2 is 2.08 bits per heavy atom. The van der Waals surface area contributed by atoms with Crippen molar-refractivity contribution in [3.63, 3.8) is 0 Å². The number of benzene rings is 1. The number of amides is 2. The Hall–Kier alpha value is -3.26. The normalized spacial score (nSPS) is 10.3. The summed E-state index contributed by atoms with van der Waals surface area (Å²) in [5.74, 6) is -1.62. The summed E-state index contributed by atoms with van der Waals surface area (Å²) in [5.41, 5.74) is 1.21. The molecular formula is C17H13FN4O2S. The van der Waals surface area contributed by atoms with E-state index in [-0.39, 0.29) is 11.4 Å². The molecule has 0 atom stereocenters. The van der Waals surface area contributed by atoms with Gasteiger partial charge in [0.05, 0.1) is 16.3 Å². The first-order valence-electron chi connectivity index (χ1n) is 7.20. The van der Waals surface area contributed by atoms with Crippen molar-refractivity contribution < 1.29 is 14.0 Å². The highest BCUT2D eigenvalue weighted by molar-refractivity contribution is 7.13. The number of hydrogen-bond donors (Lipinski definition) is 3. The van der Waals surface area contributed by atoms with Crippen molar-refractivity contribution in [2.75, 3.05) is 10.6 Å². The van der Waals surface area contributed by atoms with E-state index in [0.29, 0.717) is 5.69 Å². The second-order valence-corrected chi connectivity index (χ2v) is 5.93. The van der Waals surface area contributed by atoms with Gasteiger partial charge >= 0.3 is 0 Å². The summed E-state index contributed by atoms with van der Waals surface area (Å²) in [6.07, 6.45) is 1.03. The summed E-state index contributed by atoms with van der Waals surface area (Å²) in [4.78, 5) is 24.6. The molecular weight excluding hydrogens is 343 g/mol. The smallest absolute Gasteiger partial charge is 0.276 e. The third kappa shape index (κ3) is 3.81. The zero-order valence-corrected chi connectivity index (χ0v) is 13.7.